The van der Waals surface area contributed by atoms with Crippen LogP contribution >= 0.6 is 7.21 Å². The number of hydrogen-bond donors (Lipinski definition) is 0. The molecule has 0 aliphatic carbocycles. The fraction of sp³-hybridized carbons (Fsp3) is 0.222. The summed E-state index contributed by atoms with van der Waals surface area (Å²) in [6, 6.07) is 27.4. The molecule has 0 amide bonds. The minimum atomic E-state index is -2.41. The third kappa shape index (κ3) is 3.96. The van der Waals surface area contributed by atoms with Crippen LogP contribution in [0.4, 0.5) is 10.1 Å². The maximum Gasteiger partial charge on any atom is 0.123 e. The molecule has 1 saturated heterocycles. The van der Waals surface area contributed by atoms with Crippen LogP contribution in [0.15, 0.2) is 89.7 Å². The Morgan fingerprint density at radius 1 is 0.818 bits per heavy atom. The van der Waals surface area contributed by atoms with E-state index < -0.39 is 7.21 Å². The molecule has 1 aromatic heterocycles. The molecule has 1 aliphatic rings. The molecule has 0 bridgehead atoms. The summed E-state index contributed by atoms with van der Waals surface area (Å²) in [5, 5.41) is 7.40. The van der Waals surface area contributed by atoms with Crippen molar-refractivity contribution < 1.29 is 4.39 Å². The summed E-state index contributed by atoms with van der Waals surface area (Å²) in [6.07, 6.45) is 2.30. The smallest absolute Gasteiger partial charge is 0.123 e. The van der Waals surface area contributed by atoms with Crippen molar-refractivity contribution in [3.05, 3.63) is 102 Å². The molecule has 5 rings (SSSR count). The summed E-state index contributed by atoms with van der Waals surface area (Å²) in [5.74, 6) is -0.247. The molecular weight excluding hydrogens is 430 g/mol. The molecule has 33 heavy (non-hydrogen) atoms. The van der Waals surface area contributed by atoms with Gasteiger partial charge in [-0.1, -0.05) is 48.5 Å². The Morgan fingerprint density at radius 3 is 2.06 bits per heavy atom. The molecule has 3 aromatic carbocycles. The van der Waals surface area contributed by atoms with E-state index in [9.17, 15) is 4.39 Å². The lowest BCUT2D eigenvalue weighted by molar-refractivity contribution is 0.568. The fourth-order valence-corrected chi connectivity index (χ4v) is 8.98. The predicted molar refractivity (Wildman–Crippen MR) is 135 cm³/mol. The van der Waals surface area contributed by atoms with Gasteiger partial charge >= 0.3 is 0 Å². The Balaban J connectivity index is 1.85. The third-order valence-electron chi connectivity index (χ3n) is 6.26. The molecule has 4 nitrogen and oxygen atoms in total. The van der Waals surface area contributed by atoms with Crippen LogP contribution in [-0.2, 0) is 0 Å². The van der Waals surface area contributed by atoms with E-state index in [-0.39, 0.29) is 5.82 Å². The zero-order chi connectivity index (χ0) is 22.8. The number of hydrogen-bond acceptors (Lipinski definition) is 2. The van der Waals surface area contributed by atoms with E-state index >= 15 is 0 Å². The fourth-order valence-electron chi connectivity index (χ4n) is 4.81. The van der Waals surface area contributed by atoms with Crippen LogP contribution in [0, 0.1) is 19.7 Å². The van der Waals surface area contributed by atoms with E-state index in [2.05, 4.69) is 54.9 Å². The molecule has 0 saturated carbocycles. The first-order valence-corrected chi connectivity index (χ1v) is 13.1. The quantitative estimate of drug-likeness (QED) is 0.338. The summed E-state index contributed by atoms with van der Waals surface area (Å²) < 4.78 is 23.8. The number of para-hydroxylation sites is 1. The van der Waals surface area contributed by atoms with Crippen molar-refractivity contribution in [2.75, 3.05) is 13.1 Å². The second-order valence-electron chi connectivity index (χ2n) is 8.44. The number of nitrogens with zero attached hydrogens (tertiary/aromatic N) is 4. The van der Waals surface area contributed by atoms with E-state index in [0.29, 0.717) is 0 Å². The number of rotatable bonds is 5. The lowest BCUT2D eigenvalue weighted by atomic mass is 10.3. The lowest BCUT2D eigenvalue weighted by Crippen LogP contribution is -2.32. The maximum absolute atomic E-state index is 13.7. The van der Waals surface area contributed by atoms with Crippen LogP contribution in [0.3, 0.4) is 0 Å². The van der Waals surface area contributed by atoms with Gasteiger partial charge in [0, 0.05) is 18.4 Å². The second-order valence-corrected chi connectivity index (χ2v) is 11.4. The molecule has 168 valence electrons. The van der Waals surface area contributed by atoms with Crippen molar-refractivity contribution in [1.29, 1.82) is 0 Å². The van der Waals surface area contributed by atoms with Gasteiger partial charge in [-0.15, -0.1) is 0 Å². The molecule has 0 spiro atoms. The molecule has 0 unspecified atom stereocenters. The van der Waals surface area contributed by atoms with Crippen molar-refractivity contribution in [3.8, 4) is 5.69 Å². The summed E-state index contributed by atoms with van der Waals surface area (Å²) in [7, 11) is -2.41. The van der Waals surface area contributed by atoms with E-state index in [0.717, 1.165) is 48.7 Å². The first-order valence-electron chi connectivity index (χ1n) is 11.4. The van der Waals surface area contributed by atoms with Crippen LogP contribution in [0.2, 0.25) is 0 Å². The number of halogens is 1. The first kappa shape index (κ1) is 21.8. The van der Waals surface area contributed by atoms with Gasteiger partial charge in [-0.25, -0.2) is 13.8 Å². The summed E-state index contributed by atoms with van der Waals surface area (Å²) in [6.45, 7) is 6.22. The zero-order valence-corrected chi connectivity index (χ0v) is 19.9. The van der Waals surface area contributed by atoms with Crippen molar-refractivity contribution in [2.45, 2.75) is 26.7 Å². The minimum absolute atomic E-state index is 0.247. The molecule has 1 atom stereocenters. The molecule has 0 N–H and O–H groups in total. The van der Waals surface area contributed by atoms with Gasteiger partial charge in [-0.05, 0) is 63.1 Å². The molecule has 6 heteroatoms. The second kappa shape index (κ2) is 9.09. The van der Waals surface area contributed by atoms with Gasteiger partial charge in [0.25, 0.3) is 0 Å². The monoisotopic (exact) mass is 458 g/mol. The van der Waals surface area contributed by atoms with Crippen molar-refractivity contribution >= 4 is 23.5 Å². The van der Waals surface area contributed by atoms with E-state index in [1.54, 1.807) is 12.1 Å². The maximum atomic E-state index is 13.7. The van der Waals surface area contributed by atoms with Gasteiger partial charge in [-0.3, -0.25) is 4.67 Å². The van der Waals surface area contributed by atoms with E-state index in [1.807, 2.05) is 28.9 Å². The average Bonchev–Trinajstić information content (AvgIpc) is 3.49. The van der Waals surface area contributed by atoms with Gasteiger partial charge in [0.15, 0.2) is 0 Å². The number of aryl methyl sites for hydroxylation is 1. The van der Waals surface area contributed by atoms with Gasteiger partial charge in [0.2, 0.25) is 0 Å². The molecular formula is C27H28FN4P. The Labute approximate surface area is 194 Å². The van der Waals surface area contributed by atoms with Crippen LogP contribution in [0.1, 0.15) is 24.2 Å². The summed E-state index contributed by atoms with van der Waals surface area (Å²) >= 11 is 0. The Hall–Kier alpha value is -3.01. The number of aromatic nitrogens is 2. The van der Waals surface area contributed by atoms with Crippen molar-refractivity contribution in [3.63, 3.8) is 0 Å². The zero-order valence-electron chi connectivity index (χ0n) is 19.0. The normalized spacial score (nSPS) is 16.0. The highest BCUT2D eigenvalue weighted by atomic mass is 31.2. The van der Waals surface area contributed by atoms with Gasteiger partial charge in [0.1, 0.15) is 5.82 Å². The SMILES string of the molecule is Cc1nn(-c2ccccc2)c(C)c1[P@@](=Nc1ccc(F)cc1)(c1ccccc1)N1CCCC1. The topological polar surface area (TPSA) is 33.4 Å². The van der Waals surface area contributed by atoms with Crippen molar-refractivity contribution in [2.24, 2.45) is 4.74 Å². The van der Waals surface area contributed by atoms with E-state index in [4.69, 9.17) is 9.84 Å². The Kier molecular flexibility index (Phi) is 6.01. The molecule has 1 aliphatic heterocycles. The largest absolute Gasteiger partial charge is 0.262 e. The molecule has 4 aromatic rings. The standard InChI is InChI=1S/C27H28FN4P/c1-21-27(22(2)32(29-21)25-11-5-3-6-12-25)33(31-19-9-10-20-31,26-13-7-4-8-14-26)30-24-17-15-23(28)16-18-24/h3-8,11-18H,9-10,19-20H2,1-2H3/t33-/m1/s1. The van der Waals surface area contributed by atoms with Crippen LogP contribution < -0.4 is 10.6 Å². The first-order chi connectivity index (χ1) is 16.1. The summed E-state index contributed by atoms with van der Waals surface area (Å²) in [4.78, 5) is 0. The highest BCUT2D eigenvalue weighted by molar-refractivity contribution is 7.79. The highest BCUT2D eigenvalue weighted by Gasteiger charge is 2.38. The number of benzene rings is 3. The van der Waals surface area contributed by atoms with Crippen molar-refractivity contribution in [1.82, 2.24) is 14.5 Å². The Bertz CT molecular complexity index is 1290. The van der Waals surface area contributed by atoms with Crippen LogP contribution in [0.5, 0.6) is 0 Å². The average molecular weight is 459 g/mol. The predicted octanol–water partition coefficient (Wildman–Crippen LogP) is 6.12. The molecule has 2 heterocycles. The van der Waals surface area contributed by atoms with Gasteiger partial charge in [-0.2, -0.15) is 5.10 Å². The Morgan fingerprint density at radius 2 is 1.42 bits per heavy atom. The third-order valence-corrected chi connectivity index (χ3v) is 10.3. The molecule has 1 fully saturated rings. The van der Waals surface area contributed by atoms with Gasteiger partial charge < -0.3 is 0 Å². The van der Waals surface area contributed by atoms with Gasteiger partial charge in [0.05, 0.1) is 35.3 Å². The lowest BCUT2D eigenvalue weighted by Gasteiger charge is -2.35. The summed E-state index contributed by atoms with van der Waals surface area (Å²) in [5.41, 5.74) is 3.94. The minimum Gasteiger partial charge on any atom is -0.262 e. The molecule has 0 radical (unpaired) electrons. The highest BCUT2D eigenvalue weighted by Crippen LogP contribution is 2.56. The van der Waals surface area contributed by atoms with Crippen LogP contribution in [-0.4, -0.2) is 27.5 Å². The van der Waals surface area contributed by atoms with Crippen LogP contribution in [0.25, 0.3) is 5.69 Å². The van der Waals surface area contributed by atoms with E-state index in [1.165, 1.54) is 22.7 Å².